The fraction of sp³-hybridized carbons (Fsp3) is 0.154. The molecule has 0 bridgehead atoms. The van der Waals surface area contributed by atoms with E-state index in [1.807, 2.05) is 36.5 Å². The smallest absolute Gasteiger partial charge is 0.159 e. The molecular formula is C13H11N3O. The van der Waals surface area contributed by atoms with E-state index in [0.717, 1.165) is 23.4 Å². The predicted molar refractivity (Wildman–Crippen MR) is 63.5 cm³/mol. The summed E-state index contributed by atoms with van der Waals surface area (Å²) in [7, 11) is 0. The van der Waals surface area contributed by atoms with Gasteiger partial charge in [-0.3, -0.25) is 9.97 Å². The van der Waals surface area contributed by atoms with Crippen LogP contribution in [0.3, 0.4) is 0 Å². The summed E-state index contributed by atoms with van der Waals surface area (Å²) in [4.78, 5) is 13.8. The summed E-state index contributed by atoms with van der Waals surface area (Å²) in [5.74, 6) is 0. The minimum absolute atomic E-state index is 0.0410. The summed E-state index contributed by atoms with van der Waals surface area (Å²) >= 11 is 0. The molecule has 0 fully saturated rings. The molecule has 0 radical (unpaired) electrons. The summed E-state index contributed by atoms with van der Waals surface area (Å²) < 4.78 is 0. The van der Waals surface area contributed by atoms with Crippen molar-refractivity contribution in [2.75, 3.05) is 0 Å². The fourth-order valence-corrected chi connectivity index (χ4v) is 1.81. The van der Waals surface area contributed by atoms with E-state index in [2.05, 4.69) is 15.1 Å². The van der Waals surface area contributed by atoms with E-state index >= 15 is 0 Å². The standard InChI is InChI=1S/C13H11N3O/c1-2-7-15-11(5-1)12-8-13(17-16-12)10-4-3-6-14-9-10/h1-7,9,13H,8H2. The highest BCUT2D eigenvalue weighted by molar-refractivity contribution is 5.99. The Morgan fingerprint density at radius 2 is 2.12 bits per heavy atom. The third-order valence-electron chi connectivity index (χ3n) is 2.69. The van der Waals surface area contributed by atoms with Gasteiger partial charge in [-0.25, -0.2) is 0 Å². The molecule has 4 heteroatoms. The van der Waals surface area contributed by atoms with Crippen LogP contribution in [0.25, 0.3) is 0 Å². The van der Waals surface area contributed by atoms with Crippen molar-refractivity contribution in [2.45, 2.75) is 12.5 Å². The monoisotopic (exact) mass is 225 g/mol. The number of hydrogen-bond donors (Lipinski definition) is 0. The third-order valence-corrected chi connectivity index (χ3v) is 2.69. The van der Waals surface area contributed by atoms with Crippen LogP contribution in [0.15, 0.2) is 54.1 Å². The minimum Gasteiger partial charge on any atom is -0.387 e. The summed E-state index contributed by atoms with van der Waals surface area (Å²) in [5, 5.41) is 4.09. The van der Waals surface area contributed by atoms with Crippen LogP contribution in [0, 0.1) is 0 Å². The average molecular weight is 225 g/mol. The maximum absolute atomic E-state index is 5.41. The number of pyridine rings is 2. The Morgan fingerprint density at radius 1 is 1.12 bits per heavy atom. The second kappa shape index (κ2) is 4.33. The molecule has 1 aliphatic rings. The Hall–Kier alpha value is -2.23. The van der Waals surface area contributed by atoms with Gasteiger partial charge in [0.1, 0.15) is 5.71 Å². The Labute approximate surface area is 99.0 Å². The van der Waals surface area contributed by atoms with E-state index in [1.54, 1.807) is 12.4 Å². The van der Waals surface area contributed by atoms with Crippen molar-refractivity contribution in [1.82, 2.24) is 9.97 Å². The molecule has 2 aromatic heterocycles. The molecular weight excluding hydrogens is 214 g/mol. The van der Waals surface area contributed by atoms with Gasteiger partial charge in [-0.05, 0) is 18.2 Å². The second-order valence-corrected chi connectivity index (χ2v) is 3.84. The Morgan fingerprint density at radius 3 is 2.88 bits per heavy atom. The Kier molecular flexibility index (Phi) is 2.54. The van der Waals surface area contributed by atoms with E-state index in [0.29, 0.717) is 0 Å². The molecule has 1 unspecified atom stereocenters. The molecule has 0 saturated heterocycles. The van der Waals surface area contributed by atoms with Gasteiger partial charge in [0.2, 0.25) is 0 Å². The lowest BCUT2D eigenvalue weighted by Crippen LogP contribution is -2.03. The van der Waals surface area contributed by atoms with Gasteiger partial charge in [0.05, 0.1) is 5.69 Å². The quantitative estimate of drug-likeness (QED) is 0.788. The van der Waals surface area contributed by atoms with E-state index in [4.69, 9.17) is 4.84 Å². The molecule has 0 aliphatic carbocycles. The van der Waals surface area contributed by atoms with E-state index in [1.165, 1.54) is 0 Å². The zero-order valence-corrected chi connectivity index (χ0v) is 9.15. The molecule has 1 atom stereocenters. The maximum Gasteiger partial charge on any atom is 0.159 e. The lowest BCUT2D eigenvalue weighted by Gasteiger charge is -2.06. The molecule has 0 saturated carbocycles. The van der Waals surface area contributed by atoms with Gasteiger partial charge in [0.25, 0.3) is 0 Å². The molecule has 3 rings (SSSR count). The zero-order chi connectivity index (χ0) is 11.5. The van der Waals surface area contributed by atoms with Crippen molar-refractivity contribution in [2.24, 2.45) is 5.16 Å². The normalized spacial score (nSPS) is 18.6. The molecule has 4 nitrogen and oxygen atoms in total. The lowest BCUT2D eigenvalue weighted by atomic mass is 10.0. The predicted octanol–water partition coefficient (Wildman–Crippen LogP) is 2.34. The van der Waals surface area contributed by atoms with Crippen LogP contribution in [0.1, 0.15) is 23.8 Å². The third kappa shape index (κ3) is 2.01. The highest BCUT2D eigenvalue weighted by Crippen LogP contribution is 2.28. The topological polar surface area (TPSA) is 47.4 Å². The number of oxime groups is 1. The van der Waals surface area contributed by atoms with Gasteiger partial charge in [0, 0.05) is 30.6 Å². The first-order valence-corrected chi connectivity index (χ1v) is 5.47. The summed E-state index contributed by atoms with van der Waals surface area (Å²) in [5.41, 5.74) is 2.81. The van der Waals surface area contributed by atoms with Gasteiger partial charge in [0.15, 0.2) is 6.10 Å². The first-order valence-electron chi connectivity index (χ1n) is 5.47. The molecule has 0 N–H and O–H groups in total. The van der Waals surface area contributed by atoms with Crippen LogP contribution < -0.4 is 0 Å². The molecule has 0 amide bonds. The first kappa shape index (κ1) is 9.96. The van der Waals surface area contributed by atoms with Crippen LogP contribution in [-0.4, -0.2) is 15.7 Å². The van der Waals surface area contributed by atoms with Crippen LogP contribution in [0.5, 0.6) is 0 Å². The average Bonchev–Trinajstić information content (AvgIpc) is 2.90. The van der Waals surface area contributed by atoms with Gasteiger partial charge in [-0.1, -0.05) is 17.3 Å². The second-order valence-electron chi connectivity index (χ2n) is 3.84. The summed E-state index contributed by atoms with van der Waals surface area (Å²) in [6.45, 7) is 0. The van der Waals surface area contributed by atoms with Gasteiger partial charge in [-0.15, -0.1) is 0 Å². The summed E-state index contributed by atoms with van der Waals surface area (Å²) in [6.07, 6.45) is 6.01. The number of hydrogen-bond acceptors (Lipinski definition) is 4. The van der Waals surface area contributed by atoms with Crippen LogP contribution in [0.2, 0.25) is 0 Å². The van der Waals surface area contributed by atoms with Crippen molar-refractivity contribution in [3.63, 3.8) is 0 Å². The zero-order valence-electron chi connectivity index (χ0n) is 9.15. The largest absolute Gasteiger partial charge is 0.387 e. The minimum atomic E-state index is -0.0410. The summed E-state index contributed by atoms with van der Waals surface area (Å²) in [6, 6.07) is 9.67. The van der Waals surface area contributed by atoms with Gasteiger partial charge >= 0.3 is 0 Å². The van der Waals surface area contributed by atoms with Crippen molar-refractivity contribution < 1.29 is 4.84 Å². The molecule has 17 heavy (non-hydrogen) atoms. The van der Waals surface area contributed by atoms with Gasteiger partial charge in [-0.2, -0.15) is 0 Å². The molecule has 1 aliphatic heterocycles. The van der Waals surface area contributed by atoms with Crippen LogP contribution in [0.4, 0.5) is 0 Å². The van der Waals surface area contributed by atoms with E-state index in [9.17, 15) is 0 Å². The molecule has 0 aromatic carbocycles. The fourth-order valence-electron chi connectivity index (χ4n) is 1.81. The molecule has 84 valence electrons. The molecule has 3 heterocycles. The highest BCUT2D eigenvalue weighted by Gasteiger charge is 2.24. The Balaban J connectivity index is 1.78. The Bertz CT molecular complexity index is 525. The van der Waals surface area contributed by atoms with E-state index in [-0.39, 0.29) is 6.10 Å². The maximum atomic E-state index is 5.41. The number of rotatable bonds is 2. The highest BCUT2D eigenvalue weighted by atomic mass is 16.6. The van der Waals surface area contributed by atoms with Crippen molar-refractivity contribution in [3.8, 4) is 0 Å². The number of aromatic nitrogens is 2. The molecule has 2 aromatic rings. The SMILES string of the molecule is c1ccc(C2=NOC(c3cccnc3)C2)nc1. The van der Waals surface area contributed by atoms with Gasteiger partial charge < -0.3 is 4.84 Å². The number of nitrogens with zero attached hydrogens (tertiary/aromatic N) is 3. The van der Waals surface area contributed by atoms with Crippen molar-refractivity contribution in [1.29, 1.82) is 0 Å². The first-order chi connectivity index (χ1) is 8.43. The van der Waals surface area contributed by atoms with Crippen molar-refractivity contribution in [3.05, 3.63) is 60.2 Å². The lowest BCUT2D eigenvalue weighted by molar-refractivity contribution is 0.0855. The van der Waals surface area contributed by atoms with Crippen molar-refractivity contribution >= 4 is 5.71 Å². The van der Waals surface area contributed by atoms with E-state index < -0.39 is 0 Å². The van der Waals surface area contributed by atoms with Crippen LogP contribution in [-0.2, 0) is 4.84 Å². The molecule has 0 spiro atoms. The van der Waals surface area contributed by atoms with Crippen LogP contribution >= 0.6 is 0 Å².